The third-order valence-corrected chi connectivity index (χ3v) is 4.16. The molecule has 0 aliphatic carbocycles. The highest BCUT2D eigenvalue weighted by molar-refractivity contribution is 5.69. The zero-order chi connectivity index (χ0) is 14.9. The number of rotatable bonds is 4. The van der Waals surface area contributed by atoms with E-state index < -0.39 is 5.97 Å². The topological polar surface area (TPSA) is 61.8 Å². The number of anilines is 1. The molecule has 2 atom stereocenters. The summed E-state index contributed by atoms with van der Waals surface area (Å²) in [6.45, 7) is 2.03. The molecule has 0 unspecified atom stereocenters. The largest absolute Gasteiger partial charge is 0.480 e. The van der Waals surface area contributed by atoms with E-state index in [1.165, 1.54) is 12.1 Å². The number of halogens is 1. The van der Waals surface area contributed by atoms with E-state index >= 15 is 0 Å². The lowest BCUT2D eigenvalue weighted by molar-refractivity contribution is -0.138. The van der Waals surface area contributed by atoms with Crippen molar-refractivity contribution in [2.45, 2.75) is 24.5 Å². The summed E-state index contributed by atoms with van der Waals surface area (Å²) >= 11 is 0. The molecule has 2 aliphatic rings. The fourth-order valence-corrected chi connectivity index (χ4v) is 3.29. The second-order valence-corrected chi connectivity index (χ2v) is 5.90. The van der Waals surface area contributed by atoms with Gasteiger partial charge in [0.05, 0.1) is 24.8 Å². The van der Waals surface area contributed by atoms with Crippen molar-refractivity contribution in [1.82, 2.24) is 4.90 Å². The van der Waals surface area contributed by atoms with E-state index in [0.29, 0.717) is 13.2 Å². The molecule has 2 N–H and O–H groups in total. The molecule has 0 amide bonds. The molecule has 21 heavy (non-hydrogen) atoms. The molecule has 2 fully saturated rings. The number of hydrogen-bond donors (Lipinski definition) is 2. The first-order valence-corrected chi connectivity index (χ1v) is 7.15. The Bertz CT molecular complexity index is 539. The minimum absolute atomic E-state index is 0.0626. The van der Waals surface area contributed by atoms with Gasteiger partial charge in [0, 0.05) is 25.2 Å². The van der Waals surface area contributed by atoms with Crippen LogP contribution in [-0.2, 0) is 9.53 Å². The standard InChI is InChI=1S/C15H19FN2O3/c16-11-2-1-3-12(6-11)17-13-7-15(21-9-13)4-5-18(10-15)8-14(19)20/h1-3,6,13,17H,4-5,7-10H2,(H,19,20)/t13-,15-/m0/s1. The van der Waals surface area contributed by atoms with Crippen LogP contribution in [0.25, 0.3) is 0 Å². The first-order chi connectivity index (χ1) is 10.0. The highest BCUT2D eigenvalue weighted by Crippen LogP contribution is 2.36. The lowest BCUT2D eigenvalue weighted by atomic mass is 9.97. The zero-order valence-electron chi connectivity index (χ0n) is 11.7. The van der Waals surface area contributed by atoms with Gasteiger partial charge in [0.2, 0.25) is 0 Å². The normalized spacial score (nSPS) is 29.1. The third-order valence-electron chi connectivity index (χ3n) is 4.16. The molecule has 2 aliphatic heterocycles. The van der Waals surface area contributed by atoms with Gasteiger partial charge in [0.1, 0.15) is 5.82 Å². The van der Waals surface area contributed by atoms with E-state index in [0.717, 1.165) is 25.1 Å². The molecule has 1 aromatic rings. The SMILES string of the molecule is O=C(O)CN1CC[C@]2(C[C@H](Nc3cccc(F)c3)CO2)C1. The van der Waals surface area contributed by atoms with Crippen LogP contribution in [0.15, 0.2) is 24.3 Å². The number of hydrogen-bond acceptors (Lipinski definition) is 4. The van der Waals surface area contributed by atoms with Gasteiger partial charge in [0.25, 0.3) is 0 Å². The van der Waals surface area contributed by atoms with E-state index in [2.05, 4.69) is 5.32 Å². The van der Waals surface area contributed by atoms with E-state index in [9.17, 15) is 9.18 Å². The predicted molar refractivity (Wildman–Crippen MR) is 75.8 cm³/mol. The number of carboxylic acids is 1. The van der Waals surface area contributed by atoms with Gasteiger partial charge in [-0.3, -0.25) is 9.69 Å². The fourth-order valence-electron chi connectivity index (χ4n) is 3.29. The Balaban J connectivity index is 1.57. The van der Waals surface area contributed by atoms with Crippen LogP contribution in [0.2, 0.25) is 0 Å². The minimum Gasteiger partial charge on any atom is -0.480 e. The highest BCUT2D eigenvalue weighted by Gasteiger charge is 2.45. The number of carboxylic acid groups (broad SMARTS) is 1. The molecule has 3 rings (SSSR count). The Hall–Kier alpha value is -1.66. The van der Waals surface area contributed by atoms with Gasteiger partial charge in [-0.1, -0.05) is 6.07 Å². The molecule has 114 valence electrons. The van der Waals surface area contributed by atoms with Crippen molar-refractivity contribution in [2.24, 2.45) is 0 Å². The van der Waals surface area contributed by atoms with Crippen LogP contribution in [0.5, 0.6) is 0 Å². The summed E-state index contributed by atoms with van der Waals surface area (Å²) in [5.74, 6) is -1.07. The summed E-state index contributed by atoms with van der Waals surface area (Å²) < 4.78 is 19.1. The number of nitrogens with one attached hydrogen (secondary N) is 1. The number of benzene rings is 1. The van der Waals surface area contributed by atoms with Crippen LogP contribution in [-0.4, -0.2) is 53.9 Å². The molecule has 1 spiro atoms. The first-order valence-electron chi connectivity index (χ1n) is 7.15. The van der Waals surface area contributed by atoms with Crippen LogP contribution in [0.1, 0.15) is 12.8 Å². The number of ether oxygens (including phenoxy) is 1. The van der Waals surface area contributed by atoms with Crippen molar-refractivity contribution >= 4 is 11.7 Å². The molecule has 2 saturated heterocycles. The average Bonchev–Trinajstić information content (AvgIpc) is 2.97. The van der Waals surface area contributed by atoms with Gasteiger partial charge in [0.15, 0.2) is 0 Å². The van der Waals surface area contributed by atoms with Gasteiger partial charge >= 0.3 is 5.97 Å². The van der Waals surface area contributed by atoms with Gasteiger partial charge in [-0.2, -0.15) is 0 Å². The monoisotopic (exact) mass is 294 g/mol. The lowest BCUT2D eigenvalue weighted by Crippen LogP contribution is -2.35. The zero-order valence-corrected chi connectivity index (χ0v) is 11.7. The van der Waals surface area contributed by atoms with Crippen LogP contribution in [0.3, 0.4) is 0 Å². The molecular weight excluding hydrogens is 275 g/mol. The Morgan fingerprint density at radius 2 is 2.43 bits per heavy atom. The molecule has 1 aromatic carbocycles. The molecule has 0 aromatic heterocycles. The second-order valence-electron chi connectivity index (χ2n) is 5.90. The lowest BCUT2D eigenvalue weighted by Gasteiger charge is -2.23. The van der Waals surface area contributed by atoms with E-state index in [-0.39, 0.29) is 24.0 Å². The molecular formula is C15H19FN2O3. The van der Waals surface area contributed by atoms with Crippen molar-refractivity contribution in [3.05, 3.63) is 30.1 Å². The molecule has 6 heteroatoms. The third kappa shape index (κ3) is 3.33. The molecule has 0 saturated carbocycles. The summed E-state index contributed by atoms with van der Waals surface area (Å²) in [5.41, 5.74) is 0.501. The molecule has 0 bridgehead atoms. The van der Waals surface area contributed by atoms with Crippen LogP contribution < -0.4 is 5.32 Å². The van der Waals surface area contributed by atoms with Gasteiger partial charge in [-0.25, -0.2) is 4.39 Å². The van der Waals surface area contributed by atoms with Crippen LogP contribution >= 0.6 is 0 Å². The van der Waals surface area contributed by atoms with Crippen molar-refractivity contribution < 1.29 is 19.0 Å². The average molecular weight is 294 g/mol. The van der Waals surface area contributed by atoms with E-state index in [1.54, 1.807) is 6.07 Å². The molecule has 0 radical (unpaired) electrons. The summed E-state index contributed by atoms with van der Waals surface area (Å²) in [7, 11) is 0. The number of carbonyl (C=O) groups is 1. The maximum Gasteiger partial charge on any atom is 0.317 e. The Labute approximate surface area is 122 Å². The molecule has 2 heterocycles. The maximum atomic E-state index is 13.2. The van der Waals surface area contributed by atoms with Crippen molar-refractivity contribution in [1.29, 1.82) is 0 Å². The number of aliphatic carboxylic acids is 1. The van der Waals surface area contributed by atoms with E-state index in [4.69, 9.17) is 9.84 Å². The Kier molecular flexibility index (Phi) is 3.82. The minimum atomic E-state index is -0.806. The van der Waals surface area contributed by atoms with Gasteiger partial charge < -0.3 is 15.2 Å². The number of likely N-dealkylation sites (tertiary alicyclic amines) is 1. The summed E-state index contributed by atoms with van der Waals surface area (Å²) in [6.07, 6.45) is 1.67. The second kappa shape index (κ2) is 5.61. The molecule has 5 nitrogen and oxygen atoms in total. The quantitative estimate of drug-likeness (QED) is 0.882. The maximum absolute atomic E-state index is 13.2. The van der Waals surface area contributed by atoms with Crippen molar-refractivity contribution in [3.63, 3.8) is 0 Å². The van der Waals surface area contributed by atoms with Crippen LogP contribution in [0.4, 0.5) is 10.1 Å². The van der Waals surface area contributed by atoms with Crippen molar-refractivity contribution in [2.75, 3.05) is 31.6 Å². The first kappa shape index (κ1) is 14.3. The smallest absolute Gasteiger partial charge is 0.317 e. The van der Waals surface area contributed by atoms with Crippen molar-refractivity contribution in [3.8, 4) is 0 Å². The fraction of sp³-hybridized carbons (Fsp3) is 0.533. The Morgan fingerprint density at radius 3 is 3.19 bits per heavy atom. The predicted octanol–water partition coefficient (Wildman–Crippen LogP) is 1.56. The van der Waals surface area contributed by atoms with Gasteiger partial charge in [-0.05, 0) is 24.6 Å². The summed E-state index contributed by atoms with van der Waals surface area (Å²) in [5, 5.41) is 12.1. The summed E-state index contributed by atoms with van der Waals surface area (Å²) in [6, 6.07) is 6.53. The van der Waals surface area contributed by atoms with Crippen LogP contribution in [0, 0.1) is 5.82 Å². The Morgan fingerprint density at radius 1 is 1.57 bits per heavy atom. The van der Waals surface area contributed by atoms with E-state index in [1.807, 2.05) is 11.0 Å². The van der Waals surface area contributed by atoms with Gasteiger partial charge in [-0.15, -0.1) is 0 Å². The summed E-state index contributed by atoms with van der Waals surface area (Å²) in [4.78, 5) is 12.7. The highest BCUT2D eigenvalue weighted by atomic mass is 19.1. The number of nitrogens with zero attached hydrogens (tertiary/aromatic N) is 1.